The molecule has 1 aromatic carbocycles. The molecule has 1 heterocycles. The molecule has 1 fully saturated rings. The lowest BCUT2D eigenvalue weighted by molar-refractivity contribution is -0.135. The Hall–Kier alpha value is -2.04. The molecule has 0 bridgehead atoms. The van der Waals surface area contributed by atoms with Gasteiger partial charge in [-0.1, -0.05) is 12.1 Å². The van der Waals surface area contributed by atoms with Crippen LogP contribution in [0.2, 0.25) is 0 Å². The fraction of sp³-hybridized carbons (Fsp3) is 0.579. The zero-order valence-electron chi connectivity index (χ0n) is 14.7. The molecule has 0 radical (unpaired) electrons. The highest BCUT2D eigenvalue weighted by Gasteiger charge is 2.25. The number of carbonyl (C=O) groups excluding carboxylic acids is 2. The van der Waals surface area contributed by atoms with Crippen molar-refractivity contribution in [2.75, 3.05) is 19.7 Å². The fourth-order valence-electron chi connectivity index (χ4n) is 2.99. The van der Waals surface area contributed by atoms with Gasteiger partial charge >= 0.3 is 0 Å². The zero-order chi connectivity index (χ0) is 17.5. The van der Waals surface area contributed by atoms with Gasteiger partial charge in [-0.25, -0.2) is 0 Å². The van der Waals surface area contributed by atoms with Crippen LogP contribution in [0.25, 0.3) is 0 Å². The van der Waals surface area contributed by atoms with Crippen molar-refractivity contribution in [2.24, 2.45) is 11.7 Å². The van der Waals surface area contributed by atoms with Gasteiger partial charge in [0.15, 0.2) is 0 Å². The Morgan fingerprint density at radius 3 is 2.58 bits per heavy atom. The molecular formula is C19H28N2O3. The van der Waals surface area contributed by atoms with E-state index in [0.717, 1.165) is 24.2 Å². The van der Waals surface area contributed by atoms with E-state index < -0.39 is 0 Å². The maximum atomic E-state index is 12.2. The van der Waals surface area contributed by atoms with Crippen molar-refractivity contribution in [3.63, 3.8) is 0 Å². The Labute approximate surface area is 144 Å². The number of piperidine rings is 1. The second kappa shape index (κ2) is 8.71. The number of nitrogens with zero attached hydrogens (tertiary/aromatic N) is 1. The quantitative estimate of drug-likeness (QED) is 0.780. The summed E-state index contributed by atoms with van der Waals surface area (Å²) >= 11 is 0. The van der Waals surface area contributed by atoms with Gasteiger partial charge in [0.25, 0.3) is 0 Å². The second-order valence-electron chi connectivity index (χ2n) is 6.63. The van der Waals surface area contributed by atoms with Gasteiger partial charge in [0.2, 0.25) is 11.8 Å². The molecule has 1 aliphatic heterocycles. The molecule has 0 atom stereocenters. The van der Waals surface area contributed by atoms with Crippen LogP contribution in [0.1, 0.15) is 43.2 Å². The number of nitrogens with two attached hydrogens (primary N) is 1. The Kier molecular flexibility index (Phi) is 6.64. The van der Waals surface area contributed by atoms with Crippen LogP contribution < -0.4 is 10.5 Å². The third-order valence-corrected chi connectivity index (χ3v) is 4.64. The summed E-state index contributed by atoms with van der Waals surface area (Å²) in [6, 6.07) is 6.18. The molecule has 5 nitrogen and oxygen atoms in total. The van der Waals surface area contributed by atoms with E-state index in [1.807, 2.05) is 24.8 Å². The molecular weight excluding hydrogens is 304 g/mol. The molecule has 2 amide bonds. The van der Waals surface area contributed by atoms with Crippen LogP contribution in [0.3, 0.4) is 0 Å². The fourth-order valence-corrected chi connectivity index (χ4v) is 2.99. The number of unbranched alkanes of at least 4 members (excludes halogenated alkanes) is 1. The van der Waals surface area contributed by atoms with Crippen molar-refractivity contribution in [1.29, 1.82) is 0 Å². The molecule has 24 heavy (non-hydrogen) atoms. The lowest BCUT2D eigenvalue weighted by Gasteiger charge is -2.30. The van der Waals surface area contributed by atoms with Crippen molar-refractivity contribution in [3.8, 4) is 5.75 Å². The molecule has 0 saturated carbocycles. The summed E-state index contributed by atoms with van der Waals surface area (Å²) in [7, 11) is 0. The SMILES string of the molecule is Cc1ccc(C)c(OCCCCC(=O)N2CCC(C(N)=O)CC2)c1. The van der Waals surface area contributed by atoms with Crippen LogP contribution in [0.5, 0.6) is 5.75 Å². The first-order chi connectivity index (χ1) is 11.5. The zero-order valence-corrected chi connectivity index (χ0v) is 14.7. The number of hydrogen-bond donors (Lipinski definition) is 1. The minimum absolute atomic E-state index is 0.0694. The molecule has 0 aliphatic carbocycles. The molecule has 0 spiro atoms. The van der Waals surface area contributed by atoms with E-state index >= 15 is 0 Å². The molecule has 1 saturated heterocycles. The predicted octanol–water partition coefficient (Wildman–Crippen LogP) is 2.58. The Balaban J connectivity index is 1.63. The van der Waals surface area contributed by atoms with Crippen molar-refractivity contribution < 1.29 is 14.3 Å². The van der Waals surface area contributed by atoms with Crippen LogP contribution >= 0.6 is 0 Å². The van der Waals surface area contributed by atoms with E-state index in [9.17, 15) is 9.59 Å². The molecule has 2 N–H and O–H groups in total. The van der Waals surface area contributed by atoms with Crippen LogP contribution in [0, 0.1) is 19.8 Å². The molecule has 0 unspecified atom stereocenters. The number of rotatable bonds is 7. The monoisotopic (exact) mass is 332 g/mol. The molecule has 5 heteroatoms. The first kappa shape index (κ1) is 18.3. The summed E-state index contributed by atoms with van der Waals surface area (Å²) in [5.41, 5.74) is 7.63. The first-order valence-electron chi connectivity index (χ1n) is 8.74. The van der Waals surface area contributed by atoms with Crippen LogP contribution in [-0.2, 0) is 9.59 Å². The minimum Gasteiger partial charge on any atom is -0.493 e. The highest BCUT2D eigenvalue weighted by molar-refractivity contribution is 5.78. The number of benzene rings is 1. The summed E-state index contributed by atoms with van der Waals surface area (Å²) in [6.07, 6.45) is 3.60. The van der Waals surface area contributed by atoms with E-state index in [1.54, 1.807) is 0 Å². The third kappa shape index (κ3) is 5.25. The minimum atomic E-state index is -0.245. The summed E-state index contributed by atoms with van der Waals surface area (Å²) in [5.74, 6) is 0.783. The van der Waals surface area contributed by atoms with Crippen LogP contribution in [-0.4, -0.2) is 36.4 Å². The van der Waals surface area contributed by atoms with E-state index in [4.69, 9.17) is 10.5 Å². The average molecular weight is 332 g/mol. The smallest absolute Gasteiger partial charge is 0.222 e. The van der Waals surface area contributed by atoms with Gasteiger partial charge in [-0.3, -0.25) is 9.59 Å². The maximum Gasteiger partial charge on any atom is 0.222 e. The maximum absolute atomic E-state index is 12.2. The van der Waals surface area contributed by atoms with E-state index in [0.29, 0.717) is 39.0 Å². The van der Waals surface area contributed by atoms with Crippen LogP contribution in [0.4, 0.5) is 0 Å². The number of carbonyl (C=O) groups is 2. The molecule has 1 aromatic rings. The molecule has 0 aromatic heterocycles. The van der Waals surface area contributed by atoms with Gasteiger partial charge < -0.3 is 15.4 Å². The topological polar surface area (TPSA) is 72.6 Å². The predicted molar refractivity (Wildman–Crippen MR) is 93.8 cm³/mol. The van der Waals surface area contributed by atoms with E-state index in [2.05, 4.69) is 12.1 Å². The number of primary amides is 1. The van der Waals surface area contributed by atoms with Gasteiger partial charge in [0, 0.05) is 25.4 Å². The number of hydrogen-bond acceptors (Lipinski definition) is 3. The Morgan fingerprint density at radius 2 is 1.92 bits per heavy atom. The van der Waals surface area contributed by atoms with Gasteiger partial charge in [-0.15, -0.1) is 0 Å². The highest BCUT2D eigenvalue weighted by Crippen LogP contribution is 2.20. The van der Waals surface area contributed by atoms with Crippen LogP contribution in [0.15, 0.2) is 18.2 Å². The number of likely N-dealkylation sites (tertiary alicyclic amines) is 1. The first-order valence-corrected chi connectivity index (χ1v) is 8.74. The average Bonchev–Trinajstić information content (AvgIpc) is 2.57. The van der Waals surface area contributed by atoms with Crippen molar-refractivity contribution in [2.45, 2.75) is 46.0 Å². The lowest BCUT2D eigenvalue weighted by atomic mass is 9.96. The van der Waals surface area contributed by atoms with E-state index in [-0.39, 0.29) is 17.7 Å². The number of amides is 2. The highest BCUT2D eigenvalue weighted by atomic mass is 16.5. The summed E-state index contributed by atoms with van der Waals surface area (Å²) in [6.45, 7) is 6.00. The second-order valence-corrected chi connectivity index (χ2v) is 6.63. The molecule has 132 valence electrons. The van der Waals surface area contributed by atoms with Gasteiger partial charge in [-0.2, -0.15) is 0 Å². The Morgan fingerprint density at radius 1 is 1.21 bits per heavy atom. The largest absolute Gasteiger partial charge is 0.493 e. The number of aryl methyl sites for hydroxylation is 2. The Bertz CT molecular complexity index is 578. The van der Waals surface area contributed by atoms with Crippen molar-refractivity contribution in [1.82, 2.24) is 4.90 Å². The van der Waals surface area contributed by atoms with Gasteiger partial charge in [0.05, 0.1) is 6.61 Å². The van der Waals surface area contributed by atoms with E-state index in [1.165, 1.54) is 5.56 Å². The molecule has 2 rings (SSSR count). The van der Waals surface area contributed by atoms with Crippen molar-refractivity contribution >= 4 is 11.8 Å². The summed E-state index contributed by atoms with van der Waals surface area (Å²) < 4.78 is 5.81. The summed E-state index contributed by atoms with van der Waals surface area (Å²) in [4.78, 5) is 25.2. The third-order valence-electron chi connectivity index (χ3n) is 4.64. The standard InChI is InChI=1S/C19H28N2O3/c1-14-6-7-15(2)17(13-14)24-12-4-3-5-18(22)21-10-8-16(9-11-21)19(20)23/h6-7,13,16H,3-5,8-12H2,1-2H3,(H2,20,23). The number of ether oxygens (including phenoxy) is 1. The lowest BCUT2D eigenvalue weighted by Crippen LogP contribution is -2.41. The summed E-state index contributed by atoms with van der Waals surface area (Å²) in [5, 5.41) is 0. The van der Waals surface area contributed by atoms with Gasteiger partial charge in [0.1, 0.15) is 5.75 Å². The van der Waals surface area contributed by atoms with Crippen molar-refractivity contribution in [3.05, 3.63) is 29.3 Å². The normalized spacial score (nSPS) is 15.3. The molecule has 1 aliphatic rings. The van der Waals surface area contributed by atoms with Gasteiger partial charge in [-0.05, 0) is 56.7 Å².